The number of carbonyl (C=O) groups is 1. The molecule has 1 aromatic heterocycles. The van der Waals surface area contributed by atoms with Gasteiger partial charge in [0.15, 0.2) is 6.61 Å². The Balaban J connectivity index is 1.27. The van der Waals surface area contributed by atoms with Crippen molar-refractivity contribution in [1.29, 1.82) is 0 Å². The number of benzene rings is 2. The summed E-state index contributed by atoms with van der Waals surface area (Å²) >= 11 is 0. The predicted molar refractivity (Wildman–Crippen MR) is 126 cm³/mol. The molecule has 11 heteroatoms. The Morgan fingerprint density at radius 1 is 1.11 bits per heavy atom. The van der Waals surface area contributed by atoms with Crippen molar-refractivity contribution >= 4 is 23.0 Å². The first kappa shape index (κ1) is 23.9. The molecule has 2 heterocycles. The van der Waals surface area contributed by atoms with Crippen molar-refractivity contribution in [2.24, 2.45) is 0 Å². The third-order valence-corrected chi connectivity index (χ3v) is 5.50. The van der Waals surface area contributed by atoms with Gasteiger partial charge in [0.05, 0.1) is 17.2 Å². The summed E-state index contributed by atoms with van der Waals surface area (Å²) in [5, 5.41) is 13.3. The molecule has 1 fully saturated rings. The van der Waals surface area contributed by atoms with Crippen molar-refractivity contribution in [2.45, 2.75) is 6.54 Å². The van der Waals surface area contributed by atoms with Crippen molar-refractivity contribution < 1.29 is 23.3 Å². The molecule has 1 amide bonds. The molecule has 0 spiro atoms. The first-order valence-corrected chi connectivity index (χ1v) is 10.9. The van der Waals surface area contributed by atoms with Gasteiger partial charge in [-0.3, -0.25) is 24.6 Å². The predicted octanol–water partition coefficient (Wildman–Crippen LogP) is 3.03. The zero-order chi connectivity index (χ0) is 24.8. The molecule has 1 N–H and O–H groups in total. The summed E-state index contributed by atoms with van der Waals surface area (Å²) in [6.45, 7) is 2.58. The van der Waals surface area contributed by atoms with Crippen LogP contribution in [0.25, 0.3) is 0 Å². The quantitative estimate of drug-likeness (QED) is 0.385. The highest BCUT2D eigenvalue weighted by Gasteiger charge is 2.20. The minimum atomic E-state index is -0.582. The van der Waals surface area contributed by atoms with Crippen molar-refractivity contribution in [3.05, 3.63) is 92.8 Å². The van der Waals surface area contributed by atoms with E-state index < -0.39 is 22.9 Å². The normalized spacial score (nSPS) is 13.9. The van der Waals surface area contributed by atoms with E-state index in [-0.39, 0.29) is 22.9 Å². The average molecular weight is 482 g/mol. The molecule has 10 nitrogen and oxygen atoms in total. The van der Waals surface area contributed by atoms with Gasteiger partial charge in [-0.2, -0.15) is 0 Å². The van der Waals surface area contributed by atoms with Crippen LogP contribution >= 0.6 is 0 Å². The number of nitrogens with zero attached hydrogens (tertiary/aromatic N) is 3. The fourth-order valence-electron chi connectivity index (χ4n) is 3.74. The van der Waals surface area contributed by atoms with Gasteiger partial charge >= 0.3 is 0 Å². The van der Waals surface area contributed by atoms with Crippen molar-refractivity contribution in [3.63, 3.8) is 0 Å². The van der Waals surface area contributed by atoms with Crippen LogP contribution in [0.4, 0.5) is 21.5 Å². The number of nitro benzene ring substituents is 1. The third kappa shape index (κ3) is 6.21. The van der Waals surface area contributed by atoms with Gasteiger partial charge in [-0.05, 0) is 18.2 Å². The van der Waals surface area contributed by atoms with Gasteiger partial charge in [0.2, 0.25) is 11.2 Å². The Labute approximate surface area is 199 Å². The topological polar surface area (TPSA) is 118 Å². The van der Waals surface area contributed by atoms with E-state index in [9.17, 15) is 24.1 Å². The Bertz CT molecular complexity index is 1270. The molecule has 0 saturated carbocycles. The number of non-ortho nitro benzene ring substituents is 1. The Morgan fingerprint density at radius 2 is 1.89 bits per heavy atom. The molecule has 3 aromatic rings. The SMILES string of the molecule is O=C(COc1coc(CN2CCN(c3ccccc3F)CC2)cc1=O)Nc1cccc([N+](=O)[O-])c1. The Morgan fingerprint density at radius 3 is 2.60 bits per heavy atom. The van der Waals surface area contributed by atoms with E-state index in [0.717, 1.165) is 6.26 Å². The fourth-order valence-corrected chi connectivity index (χ4v) is 3.74. The number of nitrogens with one attached hydrogen (secondary N) is 1. The minimum absolute atomic E-state index is 0.118. The molecule has 0 atom stereocenters. The summed E-state index contributed by atoms with van der Waals surface area (Å²) in [4.78, 5) is 38.8. The van der Waals surface area contributed by atoms with Gasteiger partial charge in [-0.15, -0.1) is 0 Å². The lowest BCUT2D eigenvalue weighted by Gasteiger charge is -2.35. The molecule has 1 saturated heterocycles. The molecule has 0 bridgehead atoms. The number of halogens is 1. The van der Waals surface area contributed by atoms with E-state index >= 15 is 0 Å². The van der Waals surface area contributed by atoms with Gasteiger partial charge < -0.3 is 19.4 Å². The Hall–Kier alpha value is -4.25. The number of carbonyl (C=O) groups excluding carboxylic acids is 1. The molecule has 0 aliphatic carbocycles. The second-order valence-corrected chi connectivity index (χ2v) is 7.93. The van der Waals surface area contributed by atoms with Crippen molar-refractivity contribution in [3.8, 4) is 5.75 Å². The van der Waals surface area contributed by atoms with Gasteiger partial charge in [0, 0.05) is 50.1 Å². The number of piperazine rings is 1. The zero-order valence-electron chi connectivity index (χ0n) is 18.7. The smallest absolute Gasteiger partial charge is 0.271 e. The number of para-hydroxylation sites is 1. The molecule has 35 heavy (non-hydrogen) atoms. The molecule has 0 radical (unpaired) electrons. The first-order chi connectivity index (χ1) is 16.9. The van der Waals surface area contributed by atoms with E-state index in [1.165, 1.54) is 36.4 Å². The van der Waals surface area contributed by atoms with E-state index in [1.54, 1.807) is 18.2 Å². The second-order valence-electron chi connectivity index (χ2n) is 7.93. The summed E-state index contributed by atoms with van der Waals surface area (Å²) in [7, 11) is 0. The van der Waals surface area contributed by atoms with Crippen LogP contribution in [-0.2, 0) is 11.3 Å². The number of nitro groups is 1. The van der Waals surface area contributed by atoms with Crippen LogP contribution in [0, 0.1) is 15.9 Å². The zero-order valence-corrected chi connectivity index (χ0v) is 18.7. The lowest BCUT2D eigenvalue weighted by molar-refractivity contribution is -0.384. The largest absolute Gasteiger partial charge is 0.477 e. The molecule has 2 aromatic carbocycles. The standard InChI is InChI=1S/C24H23FN4O6/c25-20-6-1-2-7-21(20)28-10-8-27(9-11-28)14-19-13-22(30)23(15-34-19)35-16-24(31)26-17-4-3-5-18(12-17)29(32)33/h1-7,12-13,15H,8-11,14,16H2,(H,26,31). The summed E-state index contributed by atoms with van der Waals surface area (Å²) in [6.07, 6.45) is 1.16. The number of hydrogen-bond donors (Lipinski definition) is 1. The molecule has 4 rings (SSSR count). The summed E-state index contributed by atoms with van der Waals surface area (Å²) < 4.78 is 24.8. The van der Waals surface area contributed by atoms with Crippen LogP contribution in [0.2, 0.25) is 0 Å². The molecule has 1 aliphatic rings. The van der Waals surface area contributed by atoms with Gasteiger partial charge in [-0.1, -0.05) is 18.2 Å². The molecular weight excluding hydrogens is 459 g/mol. The van der Waals surface area contributed by atoms with Crippen LogP contribution in [0.5, 0.6) is 5.75 Å². The van der Waals surface area contributed by atoms with E-state index in [0.29, 0.717) is 44.2 Å². The first-order valence-electron chi connectivity index (χ1n) is 10.9. The third-order valence-electron chi connectivity index (χ3n) is 5.50. The monoisotopic (exact) mass is 482 g/mol. The van der Waals surface area contributed by atoms with Crippen LogP contribution in [0.3, 0.4) is 0 Å². The highest BCUT2D eigenvalue weighted by atomic mass is 19.1. The minimum Gasteiger partial charge on any atom is -0.477 e. The van der Waals surface area contributed by atoms with E-state index in [4.69, 9.17) is 9.15 Å². The highest BCUT2D eigenvalue weighted by Crippen LogP contribution is 2.21. The summed E-state index contributed by atoms with van der Waals surface area (Å²) in [5.41, 5.74) is 0.230. The Kier molecular flexibility index (Phi) is 7.36. The molecule has 1 aliphatic heterocycles. The van der Waals surface area contributed by atoms with Gasteiger partial charge in [-0.25, -0.2) is 4.39 Å². The lowest BCUT2D eigenvalue weighted by atomic mass is 10.2. The molecule has 0 unspecified atom stereocenters. The van der Waals surface area contributed by atoms with E-state index in [2.05, 4.69) is 10.2 Å². The maximum absolute atomic E-state index is 14.0. The number of amides is 1. The molecular formula is C24H23FN4O6. The summed E-state index contributed by atoms with van der Waals surface area (Å²) in [6, 6.07) is 13.5. The number of ether oxygens (including phenoxy) is 1. The van der Waals surface area contributed by atoms with Crippen LogP contribution in [0.1, 0.15) is 5.76 Å². The molecule has 182 valence electrons. The average Bonchev–Trinajstić information content (AvgIpc) is 2.84. The van der Waals surface area contributed by atoms with Crippen LogP contribution < -0.4 is 20.4 Å². The highest BCUT2D eigenvalue weighted by molar-refractivity contribution is 5.92. The number of anilines is 2. The van der Waals surface area contributed by atoms with Crippen LogP contribution in [-0.4, -0.2) is 48.5 Å². The van der Waals surface area contributed by atoms with Gasteiger partial charge in [0.25, 0.3) is 11.6 Å². The second kappa shape index (κ2) is 10.8. The van der Waals surface area contributed by atoms with E-state index in [1.807, 2.05) is 4.90 Å². The van der Waals surface area contributed by atoms with Gasteiger partial charge in [0.1, 0.15) is 17.8 Å². The summed E-state index contributed by atoms with van der Waals surface area (Å²) in [5.74, 6) is -0.502. The number of hydrogen-bond acceptors (Lipinski definition) is 8. The maximum atomic E-state index is 14.0. The van der Waals surface area contributed by atoms with Crippen molar-refractivity contribution in [2.75, 3.05) is 43.0 Å². The fraction of sp³-hybridized carbons (Fsp3) is 0.250. The maximum Gasteiger partial charge on any atom is 0.271 e. The lowest BCUT2D eigenvalue weighted by Crippen LogP contribution is -2.46. The van der Waals surface area contributed by atoms with Crippen LogP contribution in [0.15, 0.2) is 70.1 Å². The van der Waals surface area contributed by atoms with Crippen molar-refractivity contribution in [1.82, 2.24) is 4.90 Å². The number of rotatable bonds is 8.